The van der Waals surface area contributed by atoms with Crippen LogP contribution in [0.5, 0.6) is 0 Å². The quantitative estimate of drug-likeness (QED) is 0.224. The summed E-state index contributed by atoms with van der Waals surface area (Å²) < 4.78 is 4.86. The molecule has 0 aliphatic heterocycles. The van der Waals surface area contributed by atoms with Crippen molar-refractivity contribution in [3.8, 4) is 0 Å². The molecular formula is C16H24N4O2. The van der Waals surface area contributed by atoms with Crippen molar-refractivity contribution < 1.29 is 9.53 Å². The van der Waals surface area contributed by atoms with Crippen LogP contribution in [0.25, 0.3) is 0 Å². The van der Waals surface area contributed by atoms with E-state index in [0.717, 1.165) is 24.1 Å². The van der Waals surface area contributed by atoms with E-state index in [0.29, 0.717) is 0 Å². The van der Waals surface area contributed by atoms with Crippen molar-refractivity contribution in [2.45, 2.75) is 19.8 Å². The first-order valence-electron chi connectivity index (χ1n) is 7.02. The molecule has 1 fully saturated rings. The van der Waals surface area contributed by atoms with Gasteiger partial charge in [0.15, 0.2) is 0 Å². The second-order valence-corrected chi connectivity index (χ2v) is 4.94. The Bertz CT molecular complexity index is 516. The monoisotopic (exact) mass is 304 g/mol. The van der Waals surface area contributed by atoms with Crippen molar-refractivity contribution in [3.63, 3.8) is 0 Å². The van der Waals surface area contributed by atoms with Crippen LogP contribution in [-0.4, -0.2) is 31.6 Å². The molecule has 2 N–H and O–H groups in total. The van der Waals surface area contributed by atoms with Crippen molar-refractivity contribution in [3.05, 3.63) is 48.9 Å². The van der Waals surface area contributed by atoms with Gasteiger partial charge in [0, 0.05) is 18.9 Å². The minimum atomic E-state index is -0.549. The molecule has 0 unspecified atom stereocenters. The van der Waals surface area contributed by atoms with Crippen molar-refractivity contribution in [2.24, 2.45) is 10.5 Å². The summed E-state index contributed by atoms with van der Waals surface area (Å²) in [6, 6.07) is 0. The van der Waals surface area contributed by atoms with E-state index in [9.17, 15) is 4.79 Å². The maximum Gasteiger partial charge on any atom is 0.316 e. The predicted octanol–water partition coefficient (Wildman–Crippen LogP) is 2.07. The number of ether oxygens (including phenoxy) is 1. The predicted molar refractivity (Wildman–Crippen MR) is 88.4 cm³/mol. The van der Waals surface area contributed by atoms with Crippen LogP contribution in [0.4, 0.5) is 0 Å². The van der Waals surface area contributed by atoms with Gasteiger partial charge in [0.25, 0.3) is 0 Å². The fourth-order valence-electron chi connectivity index (χ4n) is 1.97. The van der Waals surface area contributed by atoms with E-state index in [-0.39, 0.29) is 5.97 Å². The summed E-state index contributed by atoms with van der Waals surface area (Å²) in [7, 11) is 3.14. The minimum Gasteiger partial charge on any atom is -0.468 e. The number of methoxy groups -OCH3 is 1. The number of hydrazone groups is 1. The van der Waals surface area contributed by atoms with Gasteiger partial charge in [0.05, 0.1) is 12.5 Å². The van der Waals surface area contributed by atoms with Crippen LogP contribution in [0.15, 0.2) is 54.0 Å². The highest BCUT2D eigenvalue weighted by Crippen LogP contribution is 2.53. The number of allylic oxidation sites excluding steroid dienone is 3. The molecule has 6 nitrogen and oxygen atoms in total. The fraction of sp³-hybridized carbons (Fsp3) is 0.375. The van der Waals surface area contributed by atoms with Gasteiger partial charge in [-0.3, -0.25) is 10.2 Å². The lowest BCUT2D eigenvalue weighted by molar-refractivity contribution is -0.145. The first-order valence-corrected chi connectivity index (χ1v) is 7.02. The molecule has 1 aliphatic rings. The Morgan fingerprint density at radius 3 is 2.64 bits per heavy atom. The Morgan fingerprint density at radius 2 is 2.14 bits per heavy atom. The van der Waals surface area contributed by atoms with Gasteiger partial charge >= 0.3 is 5.97 Å². The van der Waals surface area contributed by atoms with Gasteiger partial charge in [-0.05, 0) is 31.4 Å². The van der Waals surface area contributed by atoms with Crippen LogP contribution in [0, 0.1) is 5.41 Å². The van der Waals surface area contributed by atoms with Crippen LogP contribution in [0.1, 0.15) is 19.8 Å². The number of esters is 1. The zero-order valence-corrected chi connectivity index (χ0v) is 13.4. The van der Waals surface area contributed by atoms with Gasteiger partial charge < -0.3 is 10.1 Å². The molecule has 0 atom stereocenters. The highest BCUT2D eigenvalue weighted by atomic mass is 16.5. The molecular weight excluding hydrogens is 280 g/mol. The number of nitrogens with one attached hydrogen (secondary N) is 2. The average molecular weight is 304 g/mol. The number of carbonyl (C=O) groups is 1. The van der Waals surface area contributed by atoms with E-state index >= 15 is 0 Å². The lowest BCUT2D eigenvalue weighted by atomic mass is 9.97. The fourth-order valence-corrected chi connectivity index (χ4v) is 1.97. The van der Waals surface area contributed by atoms with E-state index in [4.69, 9.17) is 4.74 Å². The molecule has 0 aromatic heterocycles. The zero-order chi connectivity index (χ0) is 16.6. The summed E-state index contributed by atoms with van der Waals surface area (Å²) in [4.78, 5) is 11.8. The molecule has 0 heterocycles. The first kappa shape index (κ1) is 17.6. The minimum absolute atomic E-state index is 0.226. The van der Waals surface area contributed by atoms with Crippen LogP contribution in [-0.2, 0) is 9.53 Å². The summed E-state index contributed by atoms with van der Waals surface area (Å²) in [5, 5.41) is 8.54. The molecule has 0 amide bonds. The van der Waals surface area contributed by atoms with Crippen molar-refractivity contribution in [1.29, 1.82) is 0 Å². The van der Waals surface area contributed by atoms with Gasteiger partial charge in [0.1, 0.15) is 6.34 Å². The Labute approximate surface area is 131 Å². The summed E-state index contributed by atoms with van der Waals surface area (Å²) in [6.07, 6.45) is 10.2. The second kappa shape index (κ2) is 8.07. The topological polar surface area (TPSA) is 66.0 Å². The summed E-state index contributed by atoms with van der Waals surface area (Å²) in [6.45, 7) is 9.47. The van der Waals surface area contributed by atoms with Crippen LogP contribution in [0.3, 0.4) is 0 Å². The maximum absolute atomic E-state index is 11.8. The number of hydrazine groups is 1. The molecule has 1 aliphatic carbocycles. The van der Waals surface area contributed by atoms with Gasteiger partial charge in [-0.1, -0.05) is 25.3 Å². The van der Waals surface area contributed by atoms with Gasteiger partial charge in [-0.15, -0.1) is 5.10 Å². The van der Waals surface area contributed by atoms with Crippen molar-refractivity contribution in [1.82, 2.24) is 15.9 Å². The summed E-state index contributed by atoms with van der Waals surface area (Å²) in [5.74, 6) is -0.226. The lowest BCUT2D eigenvalue weighted by Crippen LogP contribution is -2.28. The number of hydrogen-bond donors (Lipinski definition) is 2. The number of hydrogen-bond acceptors (Lipinski definition) is 5. The molecule has 1 rings (SSSR count). The van der Waals surface area contributed by atoms with E-state index in [1.54, 1.807) is 19.3 Å². The number of nitrogens with zero attached hydrogens (tertiary/aromatic N) is 2. The maximum atomic E-state index is 11.8. The molecule has 6 heteroatoms. The average Bonchev–Trinajstić information content (AvgIpc) is 3.29. The van der Waals surface area contributed by atoms with E-state index in [1.807, 2.05) is 19.1 Å². The molecule has 0 spiro atoms. The molecule has 0 aromatic carbocycles. The second-order valence-electron chi connectivity index (χ2n) is 4.94. The largest absolute Gasteiger partial charge is 0.468 e. The summed E-state index contributed by atoms with van der Waals surface area (Å²) >= 11 is 0. The van der Waals surface area contributed by atoms with Gasteiger partial charge in [-0.2, -0.15) is 0 Å². The highest BCUT2D eigenvalue weighted by Gasteiger charge is 2.53. The third-order valence-corrected chi connectivity index (χ3v) is 3.35. The zero-order valence-electron chi connectivity index (χ0n) is 13.4. The van der Waals surface area contributed by atoms with Crippen molar-refractivity contribution >= 4 is 12.3 Å². The van der Waals surface area contributed by atoms with E-state index in [2.05, 4.69) is 29.0 Å². The summed E-state index contributed by atoms with van der Waals surface area (Å²) in [5.41, 5.74) is 3.96. The van der Waals surface area contributed by atoms with E-state index in [1.165, 1.54) is 18.6 Å². The first-order chi connectivity index (χ1) is 10.5. The third-order valence-electron chi connectivity index (χ3n) is 3.35. The Kier molecular flexibility index (Phi) is 6.44. The SMILES string of the molecule is C=C/C(=C\NN(C)/N=C\NC(=C)/C=C\C)C1(C(=O)OC)CC1. The molecule has 1 saturated carbocycles. The molecule has 22 heavy (non-hydrogen) atoms. The van der Waals surface area contributed by atoms with Gasteiger partial charge in [-0.25, -0.2) is 5.12 Å². The van der Waals surface area contributed by atoms with Crippen LogP contribution in [0.2, 0.25) is 0 Å². The molecule has 120 valence electrons. The Morgan fingerprint density at radius 1 is 1.45 bits per heavy atom. The molecule has 0 bridgehead atoms. The molecule has 0 aromatic rings. The normalized spacial score (nSPS) is 16.4. The Hall–Kier alpha value is -2.50. The molecule has 0 saturated heterocycles. The highest BCUT2D eigenvalue weighted by molar-refractivity contribution is 5.84. The standard InChI is InChI=1S/C16H24N4O2/c1-6-8-13(3)17-12-19-20(4)18-11-14(7-2)16(9-10-16)15(21)22-5/h6-8,11-12,18H,2-3,9-10H2,1,4-5H3,(H,17,19)/b8-6-,14-11+. The number of rotatable bonds is 9. The van der Waals surface area contributed by atoms with Crippen LogP contribution < -0.4 is 10.7 Å². The van der Waals surface area contributed by atoms with Crippen LogP contribution >= 0.6 is 0 Å². The lowest BCUT2D eigenvalue weighted by Gasteiger charge is -2.17. The van der Waals surface area contributed by atoms with Crippen molar-refractivity contribution in [2.75, 3.05) is 14.2 Å². The van der Waals surface area contributed by atoms with Gasteiger partial charge in [0.2, 0.25) is 0 Å². The number of carbonyl (C=O) groups excluding carboxylic acids is 1. The van der Waals surface area contributed by atoms with E-state index < -0.39 is 5.41 Å². The Balaban J connectivity index is 2.58. The smallest absolute Gasteiger partial charge is 0.316 e. The molecule has 0 radical (unpaired) electrons. The third kappa shape index (κ3) is 4.51.